The second-order valence-electron chi connectivity index (χ2n) is 16.5. The van der Waals surface area contributed by atoms with Crippen molar-refractivity contribution in [3.05, 3.63) is 119 Å². The van der Waals surface area contributed by atoms with Crippen molar-refractivity contribution < 1.29 is 8.78 Å². The van der Waals surface area contributed by atoms with Crippen LogP contribution in [0.1, 0.15) is 126 Å². The van der Waals surface area contributed by atoms with Gasteiger partial charge in [-0.05, 0) is 132 Å². The molecule has 1 nitrogen and oxygen atoms in total. The van der Waals surface area contributed by atoms with Gasteiger partial charge >= 0.3 is 0 Å². The molecule has 0 N–H and O–H groups in total. The molecule has 2 heterocycles. The van der Waals surface area contributed by atoms with E-state index in [4.69, 9.17) is 5.26 Å². The van der Waals surface area contributed by atoms with Crippen LogP contribution in [0.5, 0.6) is 0 Å². The minimum Gasteiger partial charge on any atom is -0.206 e. The Morgan fingerprint density at radius 2 is 0.932 bits per heavy atom. The molecule has 4 aromatic carbocycles. The average Bonchev–Trinajstić information content (AvgIpc) is 3.27. The molecule has 0 saturated carbocycles. The Morgan fingerprint density at radius 1 is 0.492 bits per heavy atom. The first-order valence-electron chi connectivity index (χ1n) is 22.5. The molecule has 2 aliphatic heterocycles. The first kappa shape index (κ1) is 47.7. The van der Waals surface area contributed by atoms with Gasteiger partial charge in [0.25, 0.3) is 0 Å². The van der Waals surface area contributed by atoms with Crippen molar-refractivity contribution in [1.82, 2.24) is 0 Å². The van der Waals surface area contributed by atoms with E-state index in [1.807, 2.05) is 24.3 Å². The van der Waals surface area contributed by atoms with Crippen molar-refractivity contribution in [2.45, 2.75) is 133 Å². The molecule has 0 radical (unpaired) electrons. The molecule has 0 aromatic heterocycles. The summed E-state index contributed by atoms with van der Waals surface area (Å²) in [6.07, 6.45) is 20.0. The summed E-state index contributed by atoms with van der Waals surface area (Å²) in [6, 6.07) is 29.2. The Kier molecular flexibility index (Phi) is 21.7. The molecule has 2 aliphatic rings. The standard InChI is InChI=1S/C29H41FS2.C23H26FNS2/c1-3-5-7-8-9-11-24-14-18-27(28(30)20-24)26-16-12-23(13-17-26)15-19-29-31-21-25(22-32-29)10-6-4-2;1-2-3-4-19-15-26-23(27-16-19)12-8-17-5-9-20(10-6-17)21-11-7-18(14-25)13-22(21)24/h12-14,16-18,20,25,29H,3-11,15,19,21-22H2,1-2H3;5-7,9-11,13,19,23H,2-4,8,12,15-16H2,1H3. The van der Waals surface area contributed by atoms with Crippen LogP contribution >= 0.6 is 47.0 Å². The number of rotatable bonds is 20. The second kappa shape index (κ2) is 26.9. The fourth-order valence-electron chi connectivity index (χ4n) is 7.79. The van der Waals surface area contributed by atoms with Gasteiger partial charge < -0.3 is 0 Å². The van der Waals surface area contributed by atoms with Gasteiger partial charge in [-0.25, -0.2) is 8.78 Å². The van der Waals surface area contributed by atoms with Crippen LogP contribution in [0.4, 0.5) is 8.78 Å². The lowest BCUT2D eigenvalue weighted by Gasteiger charge is -2.27. The zero-order chi connectivity index (χ0) is 41.7. The van der Waals surface area contributed by atoms with Gasteiger partial charge in [0.05, 0.1) is 20.8 Å². The van der Waals surface area contributed by atoms with E-state index in [2.05, 4.69) is 110 Å². The van der Waals surface area contributed by atoms with Crippen LogP contribution in [-0.2, 0) is 19.3 Å². The third-order valence-corrected chi connectivity index (χ3v) is 18.3. The quantitative estimate of drug-likeness (QED) is 0.0824. The van der Waals surface area contributed by atoms with Crippen molar-refractivity contribution in [3.63, 3.8) is 0 Å². The number of hydrogen-bond donors (Lipinski definition) is 0. The predicted molar refractivity (Wildman–Crippen MR) is 261 cm³/mol. The van der Waals surface area contributed by atoms with E-state index in [1.54, 1.807) is 18.2 Å². The molecule has 6 rings (SSSR count). The van der Waals surface area contributed by atoms with Gasteiger partial charge in [0.2, 0.25) is 0 Å². The van der Waals surface area contributed by atoms with Crippen molar-refractivity contribution >= 4 is 47.0 Å². The van der Waals surface area contributed by atoms with Crippen LogP contribution in [0.3, 0.4) is 0 Å². The maximum atomic E-state index is 14.8. The lowest BCUT2D eigenvalue weighted by molar-refractivity contribution is 0.562. The lowest BCUT2D eigenvalue weighted by atomic mass is 9.99. The molecule has 7 heteroatoms. The number of thioether (sulfide) groups is 4. The highest BCUT2D eigenvalue weighted by atomic mass is 32.2. The van der Waals surface area contributed by atoms with Gasteiger partial charge in [-0.1, -0.05) is 139 Å². The second-order valence-corrected chi connectivity index (χ2v) is 22.0. The largest absolute Gasteiger partial charge is 0.206 e. The maximum absolute atomic E-state index is 14.8. The zero-order valence-electron chi connectivity index (χ0n) is 35.9. The summed E-state index contributed by atoms with van der Waals surface area (Å²) in [6.45, 7) is 6.79. The third-order valence-electron chi connectivity index (χ3n) is 11.6. The molecule has 4 aromatic rings. The first-order chi connectivity index (χ1) is 28.9. The highest BCUT2D eigenvalue weighted by Crippen LogP contribution is 2.39. The zero-order valence-corrected chi connectivity index (χ0v) is 39.1. The summed E-state index contributed by atoms with van der Waals surface area (Å²) >= 11 is 8.60. The van der Waals surface area contributed by atoms with E-state index in [-0.39, 0.29) is 11.6 Å². The Morgan fingerprint density at radius 3 is 1.37 bits per heavy atom. The van der Waals surface area contributed by atoms with E-state index in [0.29, 0.717) is 15.7 Å². The molecule has 2 saturated heterocycles. The smallest absolute Gasteiger partial charge is 0.132 e. The molecule has 0 unspecified atom stereocenters. The Labute approximate surface area is 373 Å². The molecule has 0 amide bonds. The van der Waals surface area contributed by atoms with E-state index in [1.165, 1.54) is 117 Å². The monoisotopic (exact) mass is 871 g/mol. The number of benzene rings is 4. The maximum Gasteiger partial charge on any atom is 0.132 e. The van der Waals surface area contributed by atoms with Crippen LogP contribution in [0.25, 0.3) is 22.3 Å². The van der Waals surface area contributed by atoms with Gasteiger partial charge in [-0.3, -0.25) is 0 Å². The van der Waals surface area contributed by atoms with Crippen molar-refractivity contribution in [2.75, 3.05) is 23.0 Å². The lowest BCUT2D eigenvalue weighted by Crippen LogP contribution is -2.18. The molecule has 2 fully saturated rings. The van der Waals surface area contributed by atoms with Gasteiger partial charge in [0.1, 0.15) is 11.6 Å². The summed E-state index contributed by atoms with van der Waals surface area (Å²) in [7, 11) is 0. The Balaban J connectivity index is 0.000000227. The van der Waals surface area contributed by atoms with E-state index in [9.17, 15) is 8.78 Å². The number of nitriles is 1. The van der Waals surface area contributed by atoms with Gasteiger partial charge in [-0.15, -0.1) is 47.0 Å². The summed E-state index contributed by atoms with van der Waals surface area (Å²) in [5, 5.41) is 8.86. The Hall–Kier alpha value is -2.37. The minimum absolute atomic E-state index is 0.0866. The number of halogens is 2. The number of hydrogen-bond acceptors (Lipinski definition) is 5. The molecular weight excluding hydrogens is 805 g/mol. The molecule has 0 aliphatic carbocycles. The third kappa shape index (κ3) is 16.4. The highest BCUT2D eigenvalue weighted by Gasteiger charge is 2.23. The van der Waals surface area contributed by atoms with Gasteiger partial charge in [0, 0.05) is 11.1 Å². The molecule has 0 spiro atoms. The van der Waals surface area contributed by atoms with E-state index >= 15 is 0 Å². The summed E-state index contributed by atoms with van der Waals surface area (Å²) < 4.78 is 30.4. The SMILES string of the molecule is CCCCC1CSC(CCc2ccc(-c3ccc(C#N)cc3F)cc2)SC1.CCCCCCCc1ccc(-c2ccc(CCC3SCC(CCCC)CS3)cc2)c(F)c1. The topological polar surface area (TPSA) is 23.8 Å². The number of unbranched alkanes of at least 4 members (excludes halogenated alkanes) is 6. The van der Waals surface area contributed by atoms with Crippen molar-refractivity contribution in [3.8, 4) is 28.3 Å². The fraction of sp³-hybridized carbons (Fsp3) is 0.519. The van der Waals surface area contributed by atoms with Gasteiger partial charge in [0.15, 0.2) is 0 Å². The molecule has 318 valence electrons. The normalized spacial score (nSPS) is 19.1. The van der Waals surface area contributed by atoms with Crippen LogP contribution in [0, 0.1) is 34.8 Å². The van der Waals surface area contributed by atoms with Gasteiger partial charge in [-0.2, -0.15) is 5.26 Å². The molecule has 0 atom stereocenters. The van der Waals surface area contributed by atoms with Crippen LogP contribution in [0.15, 0.2) is 84.9 Å². The highest BCUT2D eigenvalue weighted by molar-refractivity contribution is 8.18. The fourth-order valence-corrected chi connectivity index (χ4v) is 14.0. The summed E-state index contributed by atoms with van der Waals surface area (Å²) in [4.78, 5) is 0. The molecule has 0 bridgehead atoms. The van der Waals surface area contributed by atoms with E-state index in [0.717, 1.165) is 64.4 Å². The predicted octanol–water partition coefficient (Wildman–Crippen LogP) is 16.5. The minimum atomic E-state index is -0.338. The summed E-state index contributed by atoms with van der Waals surface area (Å²) in [5.74, 6) is 6.70. The van der Waals surface area contributed by atoms with Crippen molar-refractivity contribution in [2.24, 2.45) is 11.8 Å². The first-order valence-corrected chi connectivity index (χ1v) is 26.7. The molecule has 59 heavy (non-hydrogen) atoms. The van der Waals surface area contributed by atoms with Crippen LogP contribution in [0.2, 0.25) is 0 Å². The van der Waals surface area contributed by atoms with Crippen LogP contribution < -0.4 is 0 Å². The molecular formula is C52H67F2NS4. The van der Waals surface area contributed by atoms with E-state index < -0.39 is 0 Å². The average molecular weight is 872 g/mol. The Bertz CT molecular complexity index is 1820. The number of nitrogens with zero attached hydrogens (tertiary/aromatic N) is 1. The summed E-state index contributed by atoms with van der Waals surface area (Å²) in [5.41, 5.74) is 7.28. The van der Waals surface area contributed by atoms with Crippen LogP contribution in [-0.4, -0.2) is 32.2 Å². The van der Waals surface area contributed by atoms with Crippen molar-refractivity contribution in [1.29, 1.82) is 5.26 Å². The number of aryl methyl sites for hydroxylation is 3.